The van der Waals surface area contributed by atoms with Gasteiger partial charge >= 0.3 is 12.1 Å². The Labute approximate surface area is 127 Å². The van der Waals surface area contributed by atoms with Crippen molar-refractivity contribution in [2.45, 2.75) is 13.1 Å². The molecule has 1 amide bonds. The third-order valence-electron chi connectivity index (χ3n) is 2.62. The summed E-state index contributed by atoms with van der Waals surface area (Å²) >= 11 is 1.14. The molecular formula is C14H10F3NO3S. The van der Waals surface area contributed by atoms with E-state index in [1.165, 1.54) is 18.2 Å². The van der Waals surface area contributed by atoms with E-state index in [0.29, 0.717) is 16.7 Å². The molecular weight excluding hydrogens is 319 g/mol. The minimum atomic E-state index is -5.00. The zero-order chi connectivity index (χ0) is 16.3. The van der Waals surface area contributed by atoms with Crippen molar-refractivity contribution in [1.82, 2.24) is 0 Å². The van der Waals surface area contributed by atoms with Crippen LogP contribution >= 0.6 is 11.3 Å². The number of halogens is 3. The molecule has 0 fully saturated rings. The fourth-order valence-corrected chi connectivity index (χ4v) is 2.24. The number of alkyl halides is 3. The largest absolute Gasteiger partial charge is 0.471 e. The quantitative estimate of drug-likeness (QED) is 0.857. The van der Waals surface area contributed by atoms with Crippen LogP contribution in [0.1, 0.15) is 15.2 Å². The highest BCUT2D eigenvalue weighted by atomic mass is 32.1. The number of carbonyl (C=O) groups excluding carboxylic acids is 2. The first-order valence-electron chi connectivity index (χ1n) is 6.00. The van der Waals surface area contributed by atoms with Gasteiger partial charge in [-0.3, -0.25) is 9.59 Å². The van der Waals surface area contributed by atoms with Gasteiger partial charge in [-0.05, 0) is 36.1 Å². The van der Waals surface area contributed by atoms with Crippen LogP contribution in [0.3, 0.4) is 0 Å². The Morgan fingerprint density at radius 2 is 2.00 bits per heavy atom. The average Bonchev–Trinajstić information content (AvgIpc) is 2.88. The van der Waals surface area contributed by atoms with Crippen LogP contribution in [0.2, 0.25) is 0 Å². The maximum atomic E-state index is 12.4. The molecule has 2 rings (SSSR count). The third kappa shape index (κ3) is 3.64. The molecule has 1 heterocycles. The topological polar surface area (TPSA) is 55.4 Å². The van der Waals surface area contributed by atoms with Gasteiger partial charge in [0.1, 0.15) is 10.6 Å². The van der Waals surface area contributed by atoms with E-state index < -0.39 is 12.1 Å². The van der Waals surface area contributed by atoms with Gasteiger partial charge in [-0.25, -0.2) is 0 Å². The number of aldehydes is 1. The Hall–Kier alpha value is -2.35. The number of carbonyl (C=O) groups is 2. The SMILES string of the molecule is Cc1ccc(Oc2ccsc2C=O)c(NC(=O)C(F)(F)F)c1. The maximum Gasteiger partial charge on any atom is 0.471 e. The second-order valence-corrected chi connectivity index (χ2v) is 5.27. The lowest BCUT2D eigenvalue weighted by Gasteiger charge is -2.13. The third-order valence-corrected chi connectivity index (χ3v) is 3.45. The Kier molecular flexibility index (Phi) is 4.51. The van der Waals surface area contributed by atoms with Crippen LogP contribution in [-0.4, -0.2) is 18.4 Å². The molecule has 0 saturated heterocycles. The summed E-state index contributed by atoms with van der Waals surface area (Å²) in [4.78, 5) is 22.2. The highest BCUT2D eigenvalue weighted by Crippen LogP contribution is 2.34. The fourth-order valence-electron chi connectivity index (χ4n) is 1.62. The number of hydrogen-bond acceptors (Lipinski definition) is 4. The molecule has 0 spiro atoms. The summed E-state index contributed by atoms with van der Waals surface area (Å²) in [7, 11) is 0. The number of anilines is 1. The van der Waals surface area contributed by atoms with Crippen molar-refractivity contribution < 1.29 is 27.5 Å². The number of nitrogens with one attached hydrogen (secondary N) is 1. The van der Waals surface area contributed by atoms with Crippen molar-refractivity contribution in [3.8, 4) is 11.5 Å². The molecule has 0 bridgehead atoms. The molecule has 1 aromatic carbocycles. The predicted octanol–water partition coefficient (Wildman–Crippen LogP) is 4.16. The number of hydrogen-bond donors (Lipinski definition) is 1. The normalized spacial score (nSPS) is 11.1. The molecule has 0 atom stereocenters. The smallest absolute Gasteiger partial charge is 0.454 e. The molecule has 0 aliphatic rings. The molecule has 1 aromatic heterocycles. The van der Waals surface area contributed by atoms with Crippen molar-refractivity contribution in [3.05, 3.63) is 40.1 Å². The summed E-state index contributed by atoms with van der Waals surface area (Å²) in [6.45, 7) is 1.66. The zero-order valence-electron chi connectivity index (χ0n) is 11.2. The van der Waals surface area contributed by atoms with Gasteiger partial charge in [0.05, 0.1) is 5.69 Å². The Morgan fingerprint density at radius 3 is 2.64 bits per heavy atom. The minimum Gasteiger partial charge on any atom is -0.454 e. The van der Waals surface area contributed by atoms with E-state index in [0.717, 1.165) is 11.3 Å². The first-order chi connectivity index (χ1) is 10.3. The van der Waals surface area contributed by atoms with Crippen LogP contribution in [0.15, 0.2) is 29.6 Å². The number of aryl methyl sites for hydroxylation is 1. The summed E-state index contributed by atoms with van der Waals surface area (Å²) in [6.07, 6.45) is -4.42. The highest BCUT2D eigenvalue weighted by Gasteiger charge is 2.39. The Balaban J connectivity index is 2.32. The van der Waals surface area contributed by atoms with Gasteiger partial charge in [-0.15, -0.1) is 11.3 Å². The van der Waals surface area contributed by atoms with E-state index in [2.05, 4.69) is 0 Å². The second-order valence-electron chi connectivity index (χ2n) is 4.32. The van der Waals surface area contributed by atoms with E-state index >= 15 is 0 Å². The zero-order valence-corrected chi connectivity index (χ0v) is 12.0. The van der Waals surface area contributed by atoms with Gasteiger partial charge in [-0.1, -0.05) is 6.07 Å². The van der Waals surface area contributed by atoms with E-state index in [-0.39, 0.29) is 17.2 Å². The molecule has 22 heavy (non-hydrogen) atoms. The lowest BCUT2D eigenvalue weighted by Crippen LogP contribution is -2.30. The summed E-state index contributed by atoms with van der Waals surface area (Å²) in [5.41, 5.74) is 0.524. The van der Waals surface area contributed by atoms with Gasteiger partial charge in [0, 0.05) is 0 Å². The number of benzene rings is 1. The van der Waals surface area contributed by atoms with Crippen molar-refractivity contribution >= 4 is 29.2 Å². The van der Waals surface area contributed by atoms with Crippen molar-refractivity contribution in [1.29, 1.82) is 0 Å². The first-order valence-corrected chi connectivity index (χ1v) is 6.88. The minimum absolute atomic E-state index is 0.0182. The molecule has 0 unspecified atom stereocenters. The van der Waals surface area contributed by atoms with E-state index in [9.17, 15) is 22.8 Å². The summed E-state index contributed by atoms with van der Waals surface area (Å²) < 4.78 is 42.5. The average molecular weight is 329 g/mol. The summed E-state index contributed by atoms with van der Waals surface area (Å²) in [6, 6.07) is 5.91. The predicted molar refractivity (Wildman–Crippen MR) is 75.6 cm³/mol. The van der Waals surface area contributed by atoms with Crippen LogP contribution in [0.5, 0.6) is 11.5 Å². The van der Waals surface area contributed by atoms with Crippen molar-refractivity contribution in [3.63, 3.8) is 0 Å². The number of thiophene rings is 1. The lowest BCUT2D eigenvalue weighted by atomic mass is 10.2. The van der Waals surface area contributed by atoms with Crippen LogP contribution in [0.25, 0.3) is 0 Å². The van der Waals surface area contributed by atoms with Crippen LogP contribution < -0.4 is 10.1 Å². The Bertz CT molecular complexity index is 710. The molecule has 0 aliphatic carbocycles. The molecule has 4 nitrogen and oxygen atoms in total. The van der Waals surface area contributed by atoms with Gasteiger partial charge in [0.25, 0.3) is 0 Å². The summed E-state index contributed by atoms with van der Waals surface area (Å²) in [5, 5.41) is 3.38. The molecule has 8 heteroatoms. The highest BCUT2D eigenvalue weighted by molar-refractivity contribution is 7.12. The van der Waals surface area contributed by atoms with Crippen LogP contribution in [-0.2, 0) is 4.79 Å². The van der Waals surface area contributed by atoms with Crippen LogP contribution in [0, 0.1) is 6.92 Å². The monoisotopic (exact) mass is 329 g/mol. The van der Waals surface area contributed by atoms with E-state index in [1.54, 1.807) is 23.7 Å². The molecule has 0 radical (unpaired) electrons. The lowest BCUT2D eigenvalue weighted by molar-refractivity contribution is -0.167. The molecule has 0 saturated carbocycles. The molecule has 116 valence electrons. The van der Waals surface area contributed by atoms with Gasteiger partial charge in [0.15, 0.2) is 12.0 Å². The second kappa shape index (κ2) is 6.18. The van der Waals surface area contributed by atoms with Crippen LogP contribution in [0.4, 0.5) is 18.9 Å². The molecule has 1 N–H and O–H groups in total. The number of rotatable bonds is 4. The maximum absolute atomic E-state index is 12.4. The Morgan fingerprint density at radius 1 is 1.27 bits per heavy atom. The molecule has 0 aliphatic heterocycles. The van der Waals surface area contributed by atoms with Crippen molar-refractivity contribution in [2.24, 2.45) is 0 Å². The fraction of sp³-hybridized carbons (Fsp3) is 0.143. The standard InChI is InChI=1S/C14H10F3NO3S/c1-8-2-3-10(21-11-4-5-22-12(11)7-19)9(6-8)18-13(20)14(15,16)17/h2-7H,1H3,(H,18,20). The number of amides is 1. The van der Waals surface area contributed by atoms with Gasteiger partial charge < -0.3 is 10.1 Å². The summed E-state index contributed by atoms with van der Waals surface area (Å²) in [5.74, 6) is -1.86. The van der Waals surface area contributed by atoms with E-state index in [4.69, 9.17) is 4.74 Å². The van der Waals surface area contributed by atoms with Crippen molar-refractivity contribution in [2.75, 3.05) is 5.32 Å². The molecule has 2 aromatic rings. The van der Waals surface area contributed by atoms with Gasteiger partial charge in [-0.2, -0.15) is 13.2 Å². The van der Waals surface area contributed by atoms with E-state index in [1.807, 2.05) is 0 Å². The van der Waals surface area contributed by atoms with Gasteiger partial charge in [0.2, 0.25) is 0 Å². The number of ether oxygens (including phenoxy) is 1. The first kappa shape index (κ1) is 16.0.